The Kier molecular flexibility index (Phi) is 4.80. The van der Waals surface area contributed by atoms with Gasteiger partial charge in [0.2, 0.25) is 0 Å². The van der Waals surface area contributed by atoms with Crippen molar-refractivity contribution in [2.75, 3.05) is 13.7 Å². The Bertz CT molecular complexity index is 926. The predicted octanol–water partition coefficient (Wildman–Crippen LogP) is 4.18. The van der Waals surface area contributed by atoms with E-state index in [1.807, 2.05) is 36.4 Å². The monoisotopic (exact) mass is 352 g/mol. The van der Waals surface area contributed by atoms with E-state index in [2.05, 4.69) is 17.0 Å². The molecule has 1 atom stereocenters. The van der Waals surface area contributed by atoms with Gasteiger partial charge in [0, 0.05) is 12.6 Å². The Morgan fingerprint density at radius 3 is 2.69 bits per heavy atom. The van der Waals surface area contributed by atoms with Crippen molar-refractivity contribution >= 4 is 11.1 Å². The van der Waals surface area contributed by atoms with Gasteiger partial charge in [0.05, 0.1) is 19.3 Å². The van der Waals surface area contributed by atoms with Crippen molar-refractivity contribution in [3.8, 4) is 5.75 Å². The number of fused-ring (bicyclic) bond motifs is 1. The van der Waals surface area contributed by atoms with Gasteiger partial charge in [-0.25, -0.2) is 4.79 Å². The van der Waals surface area contributed by atoms with E-state index in [9.17, 15) is 4.79 Å². The zero-order valence-electron chi connectivity index (χ0n) is 15.1. The molecule has 0 spiro atoms. The molecule has 0 N–H and O–H groups in total. The Morgan fingerprint density at radius 1 is 1.08 bits per heavy atom. The summed E-state index contributed by atoms with van der Waals surface area (Å²) in [4.78, 5) is 14.8. The molecule has 1 fully saturated rings. The minimum Gasteiger partial charge on any atom is -0.497 e. The summed E-state index contributed by atoms with van der Waals surface area (Å²) in [5.74, 6) is 0.579. The average molecular weight is 352 g/mol. The summed E-state index contributed by atoms with van der Waals surface area (Å²) in [7, 11) is 1.68. The Labute approximate surface area is 152 Å². The van der Waals surface area contributed by atoms with Gasteiger partial charge in [-0.05, 0) is 42.7 Å². The quantitative estimate of drug-likeness (QED) is 0.707. The smallest absolute Gasteiger partial charge is 0.421 e. The largest absolute Gasteiger partial charge is 0.497 e. The summed E-state index contributed by atoms with van der Waals surface area (Å²) < 4.78 is 12.4. The fourth-order valence-corrected chi connectivity index (χ4v) is 3.87. The summed E-state index contributed by atoms with van der Waals surface area (Å²) in [6.07, 6.45) is 4.67. The number of ether oxygens (including phenoxy) is 1. The van der Waals surface area contributed by atoms with Gasteiger partial charge in [-0.15, -0.1) is 0 Å². The van der Waals surface area contributed by atoms with Gasteiger partial charge in [0.25, 0.3) is 0 Å². The van der Waals surface area contributed by atoms with Crippen molar-refractivity contribution in [3.05, 3.63) is 64.6 Å². The minimum atomic E-state index is -0.288. The predicted molar refractivity (Wildman–Crippen MR) is 101 cm³/mol. The summed E-state index contributed by atoms with van der Waals surface area (Å²) in [6, 6.07) is 16.2. The number of methoxy groups -OCH3 is 1. The third-order valence-electron chi connectivity index (χ3n) is 5.26. The zero-order valence-corrected chi connectivity index (χ0v) is 15.1. The number of hydrogen-bond donors (Lipinski definition) is 0. The van der Waals surface area contributed by atoms with Crippen LogP contribution < -0.4 is 10.5 Å². The zero-order chi connectivity index (χ0) is 17.9. The standard InChI is InChI=1S/C21H24N2O3/c1-25-17-12-10-16(11-13-17)18-7-3-2-6-14-22(18)15-23-19-8-4-5-9-20(19)26-21(23)24/h4-5,8-13,18H,2-3,6-7,14-15H2,1H3. The molecule has 136 valence electrons. The fraction of sp³-hybridized carbons (Fsp3) is 0.381. The average Bonchev–Trinajstić information content (AvgIpc) is 2.83. The van der Waals surface area contributed by atoms with Crippen LogP contribution >= 0.6 is 0 Å². The number of nitrogens with zero attached hydrogens (tertiary/aromatic N) is 2. The van der Waals surface area contributed by atoms with Crippen LogP contribution in [-0.2, 0) is 6.67 Å². The number of hydrogen-bond acceptors (Lipinski definition) is 4. The maximum Gasteiger partial charge on any atom is 0.421 e. The van der Waals surface area contributed by atoms with E-state index in [4.69, 9.17) is 9.15 Å². The summed E-state index contributed by atoms with van der Waals surface area (Å²) in [6.45, 7) is 1.52. The lowest BCUT2D eigenvalue weighted by Crippen LogP contribution is -2.33. The third-order valence-corrected chi connectivity index (χ3v) is 5.26. The van der Waals surface area contributed by atoms with Crippen LogP contribution in [0.25, 0.3) is 11.1 Å². The highest BCUT2D eigenvalue weighted by atomic mass is 16.5. The maximum atomic E-state index is 12.4. The molecular weight excluding hydrogens is 328 g/mol. The fourth-order valence-electron chi connectivity index (χ4n) is 3.87. The molecule has 1 unspecified atom stereocenters. The molecule has 2 aromatic carbocycles. The van der Waals surface area contributed by atoms with Crippen LogP contribution in [0.15, 0.2) is 57.7 Å². The van der Waals surface area contributed by atoms with Crippen molar-refractivity contribution in [2.45, 2.75) is 38.4 Å². The molecule has 4 rings (SSSR count). The molecule has 26 heavy (non-hydrogen) atoms. The second-order valence-electron chi connectivity index (χ2n) is 6.86. The van der Waals surface area contributed by atoms with E-state index >= 15 is 0 Å². The first kappa shape index (κ1) is 16.9. The van der Waals surface area contributed by atoms with E-state index < -0.39 is 0 Å². The third kappa shape index (κ3) is 3.27. The van der Waals surface area contributed by atoms with E-state index in [0.717, 1.165) is 30.7 Å². The number of para-hydroxylation sites is 2. The molecule has 2 heterocycles. The highest BCUT2D eigenvalue weighted by Crippen LogP contribution is 2.31. The maximum absolute atomic E-state index is 12.4. The van der Waals surface area contributed by atoms with Crippen LogP contribution in [0.2, 0.25) is 0 Å². The summed E-state index contributed by atoms with van der Waals surface area (Å²) >= 11 is 0. The van der Waals surface area contributed by atoms with Crippen LogP contribution in [0, 0.1) is 0 Å². The lowest BCUT2D eigenvalue weighted by Gasteiger charge is -2.30. The van der Waals surface area contributed by atoms with E-state index in [1.165, 1.54) is 18.4 Å². The summed E-state index contributed by atoms with van der Waals surface area (Å²) in [5.41, 5.74) is 2.78. The van der Waals surface area contributed by atoms with Gasteiger partial charge < -0.3 is 9.15 Å². The van der Waals surface area contributed by atoms with Gasteiger partial charge in [0.15, 0.2) is 5.58 Å². The van der Waals surface area contributed by atoms with Gasteiger partial charge in [0.1, 0.15) is 5.75 Å². The van der Waals surface area contributed by atoms with Crippen LogP contribution in [0.4, 0.5) is 0 Å². The molecule has 5 heteroatoms. The first-order valence-electron chi connectivity index (χ1n) is 9.22. The molecule has 0 radical (unpaired) electrons. The lowest BCUT2D eigenvalue weighted by molar-refractivity contribution is 0.152. The van der Waals surface area contributed by atoms with Crippen LogP contribution in [-0.4, -0.2) is 23.1 Å². The number of oxazole rings is 1. The molecule has 1 aliphatic heterocycles. The van der Waals surface area contributed by atoms with Crippen molar-refractivity contribution < 1.29 is 9.15 Å². The van der Waals surface area contributed by atoms with E-state index in [0.29, 0.717) is 18.3 Å². The Hall–Kier alpha value is -2.53. The van der Waals surface area contributed by atoms with Gasteiger partial charge in [-0.2, -0.15) is 0 Å². The molecular formula is C21H24N2O3. The molecule has 5 nitrogen and oxygen atoms in total. The van der Waals surface area contributed by atoms with Gasteiger partial charge in [-0.3, -0.25) is 9.47 Å². The van der Waals surface area contributed by atoms with Crippen LogP contribution in [0.1, 0.15) is 37.3 Å². The normalized spacial score (nSPS) is 18.7. The molecule has 1 aromatic heterocycles. The van der Waals surface area contributed by atoms with Crippen molar-refractivity contribution in [3.63, 3.8) is 0 Å². The topological polar surface area (TPSA) is 47.6 Å². The van der Waals surface area contributed by atoms with Gasteiger partial charge in [-0.1, -0.05) is 37.1 Å². The van der Waals surface area contributed by atoms with Crippen LogP contribution in [0.5, 0.6) is 5.75 Å². The number of likely N-dealkylation sites (tertiary alicyclic amines) is 1. The van der Waals surface area contributed by atoms with Crippen molar-refractivity contribution in [1.29, 1.82) is 0 Å². The second-order valence-corrected chi connectivity index (χ2v) is 6.86. The van der Waals surface area contributed by atoms with Crippen LogP contribution in [0.3, 0.4) is 0 Å². The molecule has 3 aromatic rings. The van der Waals surface area contributed by atoms with E-state index in [1.54, 1.807) is 11.7 Å². The lowest BCUT2D eigenvalue weighted by atomic mass is 10.0. The highest BCUT2D eigenvalue weighted by Gasteiger charge is 2.24. The summed E-state index contributed by atoms with van der Waals surface area (Å²) in [5, 5.41) is 0. The van der Waals surface area contributed by atoms with Crippen molar-refractivity contribution in [1.82, 2.24) is 9.47 Å². The Balaban J connectivity index is 1.66. The molecule has 0 aliphatic carbocycles. The minimum absolute atomic E-state index is 0.288. The molecule has 0 saturated carbocycles. The second kappa shape index (κ2) is 7.38. The molecule has 1 aliphatic rings. The number of aromatic nitrogens is 1. The number of benzene rings is 2. The van der Waals surface area contributed by atoms with E-state index in [-0.39, 0.29) is 5.76 Å². The van der Waals surface area contributed by atoms with Gasteiger partial charge >= 0.3 is 5.76 Å². The van der Waals surface area contributed by atoms with Crippen molar-refractivity contribution in [2.24, 2.45) is 0 Å². The molecule has 0 bridgehead atoms. The molecule has 0 amide bonds. The SMILES string of the molecule is COc1ccc(C2CCCCCN2Cn2c(=O)oc3ccccc32)cc1. The first-order chi connectivity index (χ1) is 12.8. The first-order valence-corrected chi connectivity index (χ1v) is 9.22. The number of rotatable bonds is 4. The molecule has 1 saturated heterocycles. The highest BCUT2D eigenvalue weighted by molar-refractivity contribution is 5.72. The Morgan fingerprint density at radius 2 is 1.88 bits per heavy atom.